The molecule has 15 heavy (non-hydrogen) atoms. The Bertz CT molecular complexity index is 486. The van der Waals surface area contributed by atoms with Crippen molar-refractivity contribution in [2.45, 2.75) is 31.7 Å². The highest BCUT2D eigenvalue weighted by Gasteiger charge is 2.19. The normalized spacial score (nSPS) is 17.7. The molecule has 0 bridgehead atoms. The predicted octanol–water partition coefficient (Wildman–Crippen LogP) is 3.31. The third kappa shape index (κ3) is 1.57. The zero-order chi connectivity index (χ0) is 10.3. The Balaban J connectivity index is 2.11. The quantitative estimate of drug-likeness (QED) is 0.792. The van der Waals surface area contributed by atoms with Gasteiger partial charge in [0.15, 0.2) is 5.65 Å². The molecule has 0 atom stereocenters. The van der Waals surface area contributed by atoms with Crippen LogP contribution >= 0.6 is 15.9 Å². The molecule has 2 heterocycles. The van der Waals surface area contributed by atoms with E-state index in [1.54, 1.807) is 0 Å². The largest absolute Gasteiger partial charge is 0.244 e. The maximum Gasteiger partial charge on any atom is 0.158 e. The molecule has 0 saturated heterocycles. The number of hydrogen-bond acceptors (Lipinski definition) is 2. The molecule has 0 spiro atoms. The first-order valence-corrected chi connectivity index (χ1v) is 6.12. The summed E-state index contributed by atoms with van der Waals surface area (Å²) in [6.07, 6.45) is 8.88. The maximum atomic E-state index is 4.45. The van der Waals surface area contributed by atoms with Crippen LogP contribution in [0.25, 0.3) is 11.0 Å². The van der Waals surface area contributed by atoms with Gasteiger partial charge in [0.25, 0.3) is 0 Å². The fraction of sp³-hybridized carbons (Fsp3) is 0.455. The average molecular weight is 266 g/mol. The zero-order valence-corrected chi connectivity index (χ0v) is 9.94. The monoisotopic (exact) mass is 265 g/mol. The van der Waals surface area contributed by atoms with E-state index in [-0.39, 0.29) is 0 Å². The summed E-state index contributed by atoms with van der Waals surface area (Å²) in [6.45, 7) is 0. The van der Waals surface area contributed by atoms with E-state index >= 15 is 0 Å². The van der Waals surface area contributed by atoms with Crippen LogP contribution in [0.3, 0.4) is 0 Å². The number of fused-ring (bicyclic) bond motifs is 1. The number of halogens is 1. The molecule has 1 saturated carbocycles. The average Bonchev–Trinajstić information content (AvgIpc) is 2.82. The van der Waals surface area contributed by atoms with E-state index in [4.69, 9.17) is 0 Å². The molecule has 0 aliphatic heterocycles. The lowest BCUT2D eigenvalue weighted by molar-refractivity contribution is 0.478. The second kappa shape index (κ2) is 3.59. The van der Waals surface area contributed by atoms with Gasteiger partial charge in [-0.05, 0) is 34.8 Å². The summed E-state index contributed by atoms with van der Waals surface area (Å²) in [5, 5.41) is 5.57. The summed E-state index contributed by atoms with van der Waals surface area (Å²) in [4.78, 5) is 4.44. The lowest BCUT2D eigenvalue weighted by Crippen LogP contribution is -2.06. The Labute approximate surface area is 96.6 Å². The van der Waals surface area contributed by atoms with Gasteiger partial charge in [-0.1, -0.05) is 12.8 Å². The van der Waals surface area contributed by atoms with Crippen molar-refractivity contribution in [3.05, 3.63) is 22.9 Å². The van der Waals surface area contributed by atoms with E-state index in [1.807, 2.05) is 12.4 Å². The van der Waals surface area contributed by atoms with Crippen LogP contribution in [0, 0.1) is 0 Å². The van der Waals surface area contributed by atoms with Crippen molar-refractivity contribution >= 4 is 27.0 Å². The highest BCUT2D eigenvalue weighted by Crippen LogP contribution is 2.31. The first-order valence-electron chi connectivity index (χ1n) is 5.33. The summed E-state index contributed by atoms with van der Waals surface area (Å²) < 4.78 is 3.11. The van der Waals surface area contributed by atoms with Crippen molar-refractivity contribution in [3.63, 3.8) is 0 Å². The fourth-order valence-corrected chi connectivity index (χ4v) is 2.68. The van der Waals surface area contributed by atoms with Gasteiger partial charge in [0.1, 0.15) is 0 Å². The summed E-state index contributed by atoms with van der Waals surface area (Å²) in [5.74, 6) is 0. The minimum Gasteiger partial charge on any atom is -0.244 e. The van der Waals surface area contributed by atoms with Crippen molar-refractivity contribution in [2.24, 2.45) is 0 Å². The summed E-state index contributed by atoms with van der Waals surface area (Å²) >= 11 is 3.43. The van der Waals surface area contributed by atoms with E-state index in [1.165, 1.54) is 25.7 Å². The number of rotatable bonds is 1. The van der Waals surface area contributed by atoms with Gasteiger partial charge < -0.3 is 0 Å². The number of hydrogen-bond donors (Lipinski definition) is 0. The van der Waals surface area contributed by atoms with Crippen LogP contribution in [-0.2, 0) is 0 Å². The Kier molecular flexibility index (Phi) is 2.24. The van der Waals surface area contributed by atoms with Crippen molar-refractivity contribution in [3.8, 4) is 0 Å². The Morgan fingerprint density at radius 1 is 1.27 bits per heavy atom. The summed E-state index contributed by atoms with van der Waals surface area (Å²) in [6, 6.07) is 2.64. The molecular weight excluding hydrogens is 254 g/mol. The molecule has 0 radical (unpaired) electrons. The molecule has 1 aliphatic carbocycles. The summed E-state index contributed by atoms with van der Waals surface area (Å²) in [7, 11) is 0. The smallest absolute Gasteiger partial charge is 0.158 e. The number of pyridine rings is 1. The predicted molar refractivity (Wildman–Crippen MR) is 62.7 cm³/mol. The molecule has 2 aromatic heterocycles. The first-order chi connectivity index (χ1) is 7.34. The van der Waals surface area contributed by atoms with Gasteiger partial charge in [-0.15, -0.1) is 0 Å². The second-order valence-electron chi connectivity index (χ2n) is 4.09. The van der Waals surface area contributed by atoms with Crippen LogP contribution < -0.4 is 0 Å². The van der Waals surface area contributed by atoms with Crippen molar-refractivity contribution < 1.29 is 0 Å². The van der Waals surface area contributed by atoms with Gasteiger partial charge in [0.2, 0.25) is 0 Å². The lowest BCUT2D eigenvalue weighted by Gasteiger charge is -2.09. The molecule has 1 aliphatic rings. The third-order valence-corrected chi connectivity index (χ3v) is 3.50. The van der Waals surface area contributed by atoms with Gasteiger partial charge >= 0.3 is 0 Å². The summed E-state index contributed by atoms with van der Waals surface area (Å²) in [5.41, 5.74) is 1.02. The molecule has 3 rings (SSSR count). The van der Waals surface area contributed by atoms with E-state index in [0.29, 0.717) is 6.04 Å². The topological polar surface area (TPSA) is 30.7 Å². The van der Waals surface area contributed by atoms with E-state index in [2.05, 4.69) is 36.8 Å². The minimum atomic E-state index is 0.566. The van der Waals surface area contributed by atoms with Crippen molar-refractivity contribution in [2.75, 3.05) is 0 Å². The molecule has 3 nitrogen and oxygen atoms in total. The van der Waals surface area contributed by atoms with Crippen LogP contribution in [0.5, 0.6) is 0 Å². The van der Waals surface area contributed by atoms with Crippen molar-refractivity contribution in [1.29, 1.82) is 0 Å². The molecular formula is C11H12BrN3. The zero-order valence-electron chi connectivity index (χ0n) is 8.36. The fourth-order valence-electron chi connectivity index (χ4n) is 2.33. The molecule has 0 amide bonds. The van der Waals surface area contributed by atoms with E-state index < -0.39 is 0 Å². The van der Waals surface area contributed by atoms with Gasteiger partial charge in [0, 0.05) is 16.1 Å². The highest BCUT2D eigenvalue weighted by molar-refractivity contribution is 9.10. The van der Waals surface area contributed by atoms with Gasteiger partial charge in [-0.2, -0.15) is 5.10 Å². The molecule has 0 unspecified atom stereocenters. The van der Waals surface area contributed by atoms with Gasteiger partial charge in [0.05, 0.1) is 12.2 Å². The van der Waals surface area contributed by atoms with Crippen LogP contribution in [-0.4, -0.2) is 14.8 Å². The SMILES string of the molecule is Brc1cnc2c(cnn2C2CCCC2)c1. The molecule has 1 fully saturated rings. The van der Waals surface area contributed by atoms with Gasteiger partial charge in [-0.25, -0.2) is 9.67 Å². The number of aromatic nitrogens is 3. The number of nitrogens with zero attached hydrogens (tertiary/aromatic N) is 3. The molecule has 0 aromatic carbocycles. The van der Waals surface area contributed by atoms with Crippen LogP contribution in [0.4, 0.5) is 0 Å². The van der Waals surface area contributed by atoms with Crippen LogP contribution in [0.1, 0.15) is 31.7 Å². The van der Waals surface area contributed by atoms with Crippen molar-refractivity contribution in [1.82, 2.24) is 14.8 Å². The Hall–Kier alpha value is -0.900. The standard InChI is InChI=1S/C11H12BrN3/c12-9-5-8-6-14-15(11(8)13-7-9)10-3-1-2-4-10/h5-7,10H,1-4H2. The first kappa shape index (κ1) is 9.33. The van der Waals surface area contributed by atoms with E-state index in [9.17, 15) is 0 Å². The second-order valence-corrected chi connectivity index (χ2v) is 5.01. The third-order valence-electron chi connectivity index (χ3n) is 3.07. The Morgan fingerprint density at radius 2 is 2.07 bits per heavy atom. The molecule has 0 N–H and O–H groups in total. The van der Waals surface area contributed by atoms with E-state index in [0.717, 1.165) is 15.5 Å². The maximum absolute atomic E-state index is 4.45. The van der Waals surface area contributed by atoms with Gasteiger partial charge in [-0.3, -0.25) is 0 Å². The molecule has 78 valence electrons. The van der Waals surface area contributed by atoms with Crippen LogP contribution in [0.2, 0.25) is 0 Å². The molecule has 2 aromatic rings. The Morgan fingerprint density at radius 3 is 2.87 bits per heavy atom. The van der Waals surface area contributed by atoms with Crippen LogP contribution in [0.15, 0.2) is 22.9 Å². The molecule has 4 heteroatoms. The lowest BCUT2D eigenvalue weighted by atomic mass is 10.2. The highest BCUT2D eigenvalue weighted by atomic mass is 79.9. The minimum absolute atomic E-state index is 0.566.